The molecule has 1 aromatic carbocycles. The molecule has 4 nitrogen and oxygen atoms in total. The van der Waals surface area contributed by atoms with Gasteiger partial charge in [-0.25, -0.2) is 4.39 Å². The highest BCUT2D eigenvalue weighted by molar-refractivity contribution is 5.95. The summed E-state index contributed by atoms with van der Waals surface area (Å²) in [6, 6.07) is 4.35. The van der Waals surface area contributed by atoms with Crippen molar-refractivity contribution in [1.29, 1.82) is 0 Å². The van der Waals surface area contributed by atoms with Crippen LogP contribution in [0.15, 0.2) is 18.2 Å². The molecule has 0 saturated carbocycles. The molecule has 0 spiro atoms. The van der Waals surface area contributed by atoms with Crippen LogP contribution in [0.2, 0.25) is 0 Å². The quantitative estimate of drug-likeness (QED) is 0.803. The van der Waals surface area contributed by atoms with Crippen molar-refractivity contribution in [3.05, 3.63) is 29.6 Å². The van der Waals surface area contributed by atoms with E-state index in [1.54, 1.807) is 4.90 Å². The molecule has 1 atom stereocenters. The number of nitrogen functional groups attached to an aromatic ring is 1. The van der Waals surface area contributed by atoms with Crippen LogP contribution in [0.4, 0.5) is 10.1 Å². The van der Waals surface area contributed by atoms with E-state index >= 15 is 0 Å². The molecular weight excluding hydrogens is 233 g/mol. The summed E-state index contributed by atoms with van der Waals surface area (Å²) in [5.41, 5.74) is 6.16. The normalized spacial score (nSPS) is 19.6. The van der Waals surface area contributed by atoms with Gasteiger partial charge in [0.15, 0.2) is 0 Å². The predicted molar refractivity (Wildman–Crippen MR) is 68.8 cm³/mol. The van der Waals surface area contributed by atoms with E-state index in [1.165, 1.54) is 18.2 Å². The number of rotatable bonds is 2. The first kappa shape index (κ1) is 12.8. The van der Waals surface area contributed by atoms with Gasteiger partial charge in [-0.15, -0.1) is 0 Å². The molecule has 1 fully saturated rings. The summed E-state index contributed by atoms with van der Waals surface area (Å²) in [5, 5.41) is 0. The van der Waals surface area contributed by atoms with E-state index in [0.29, 0.717) is 24.7 Å². The Morgan fingerprint density at radius 1 is 1.44 bits per heavy atom. The molecule has 1 aliphatic rings. The van der Waals surface area contributed by atoms with E-state index in [0.717, 1.165) is 6.42 Å². The zero-order valence-corrected chi connectivity index (χ0v) is 10.7. The summed E-state index contributed by atoms with van der Waals surface area (Å²) < 4.78 is 13.2. The summed E-state index contributed by atoms with van der Waals surface area (Å²) in [6.45, 7) is 1.39. The molecule has 1 aromatic rings. The first-order valence-electron chi connectivity index (χ1n) is 5.99. The SMILES string of the molecule is CN(C)C1CCN(C(=O)c2cc(N)cc(F)c2)C1. The van der Waals surface area contributed by atoms with Crippen molar-refractivity contribution in [3.63, 3.8) is 0 Å². The molecule has 5 heteroatoms. The number of benzene rings is 1. The topological polar surface area (TPSA) is 49.6 Å². The number of hydrogen-bond donors (Lipinski definition) is 1. The number of halogens is 1. The molecule has 0 aromatic heterocycles. The lowest BCUT2D eigenvalue weighted by molar-refractivity contribution is 0.0782. The monoisotopic (exact) mass is 251 g/mol. The van der Waals surface area contributed by atoms with Gasteiger partial charge in [-0.3, -0.25) is 4.79 Å². The lowest BCUT2D eigenvalue weighted by Gasteiger charge is -2.20. The summed E-state index contributed by atoms with van der Waals surface area (Å²) in [6.07, 6.45) is 0.948. The smallest absolute Gasteiger partial charge is 0.254 e. The van der Waals surface area contributed by atoms with Crippen LogP contribution in [-0.2, 0) is 0 Å². The van der Waals surface area contributed by atoms with Gasteiger partial charge in [-0.2, -0.15) is 0 Å². The van der Waals surface area contributed by atoms with Gasteiger partial charge in [0.05, 0.1) is 0 Å². The molecule has 1 unspecified atom stereocenters. The predicted octanol–water partition coefficient (Wildman–Crippen LogP) is 1.18. The highest BCUT2D eigenvalue weighted by Crippen LogP contribution is 2.18. The second kappa shape index (κ2) is 4.94. The fourth-order valence-corrected chi connectivity index (χ4v) is 2.27. The minimum absolute atomic E-state index is 0.148. The van der Waals surface area contributed by atoms with Crippen molar-refractivity contribution in [2.24, 2.45) is 0 Å². The number of nitrogens with zero attached hydrogens (tertiary/aromatic N) is 2. The Hall–Kier alpha value is -1.62. The van der Waals surface area contributed by atoms with Gasteiger partial charge < -0.3 is 15.5 Å². The number of likely N-dealkylation sites (tertiary alicyclic amines) is 1. The summed E-state index contributed by atoms with van der Waals surface area (Å²) >= 11 is 0. The Kier molecular flexibility index (Phi) is 3.52. The largest absolute Gasteiger partial charge is 0.399 e. The molecule has 0 bridgehead atoms. The minimum atomic E-state index is -0.471. The van der Waals surface area contributed by atoms with Crippen molar-refractivity contribution >= 4 is 11.6 Å². The van der Waals surface area contributed by atoms with Gasteiger partial charge in [0.2, 0.25) is 0 Å². The van der Waals surface area contributed by atoms with Crippen molar-refractivity contribution in [1.82, 2.24) is 9.80 Å². The van der Waals surface area contributed by atoms with Crippen LogP contribution in [0, 0.1) is 5.82 Å². The Morgan fingerprint density at radius 3 is 2.72 bits per heavy atom. The van der Waals surface area contributed by atoms with Crippen molar-refractivity contribution < 1.29 is 9.18 Å². The Bertz CT molecular complexity index is 441. The number of hydrogen-bond acceptors (Lipinski definition) is 3. The first-order chi connectivity index (χ1) is 8.47. The van der Waals surface area contributed by atoms with E-state index in [2.05, 4.69) is 4.90 Å². The third-order valence-corrected chi connectivity index (χ3v) is 3.35. The van der Waals surface area contributed by atoms with Gasteiger partial charge in [0, 0.05) is 30.4 Å². The Balaban J connectivity index is 2.12. The van der Waals surface area contributed by atoms with Crippen LogP contribution in [0.25, 0.3) is 0 Å². The van der Waals surface area contributed by atoms with E-state index in [-0.39, 0.29) is 11.6 Å². The molecule has 0 aliphatic carbocycles. The number of nitrogens with two attached hydrogens (primary N) is 1. The van der Waals surface area contributed by atoms with E-state index in [9.17, 15) is 9.18 Å². The fourth-order valence-electron chi connectivity index (χ4n) is 2.27. The average Bonchev–Trinajstić information content (AvgIpc) is 2.75. The highest BCUT2D eigenvalue weighted by Gasteiger charge is 2.28. The number of amides is 1. The van der Waals surface area contributed by atoms with Crippen LogP contribution in [0.3, 0.4) is 0 Å². The second-order valence-electron chi connectivity index (χ2n) is 4.93. The van der Waals surface area contributed by atoms with Crippen LogP contribution in [-0.4, -0.2) is 48.9 Å². The molecular formula is C13H18FN3O. The van der Waals surface area contributed by atoms with Crippen molar-refractivity contribution in [2.75, 3.05) is 32.9 Å². The first-order valence-corrected chi connectivity index (χ1v) is 5.99. The van der Waals surface area contributed by atoms with E-state index in [1.807, 2.05) is 14.1 Å². The van der Waals surface area contributed by atoms with Gasteiger partial charge >= 0.3 is 0 Å². The highest BCUT2D eigenvalue weighted by atomic mass is 19.1. The van der Waals surface area contributed by atoms with Gasteiger partial charge in [-0.05, 0) is 38.7 Å². The number of carbonyl (C=O) groups is 1. The van der Waals surface area contributed by atoms with E-state index in [4.69, 9.17) is 5.73 Å². The fraction of sp³-hybridized carbons (Fsp3) is 0.462. The molecule has 1 saturated heterocycles. The van der Waals surface area contributed by atoms with Crippen LogP contribution in [0.1, 0.15) is 16.8 Å². The molecule has 0 radical (unpaired) electrons. The third-order valence-electron chi connectivity index (χ3n) is 3.35. The Morgan fingerprint density at radius 2 is 2.17 bits per heavy atom. The molecule has 2 rings (SSSR count). The lowest BCUT2D eigenvalue weighted by atomic mass is 10.1. The average molecular weight is 251 g/mol. The minimum Gasteiger partial charge on any atom is -0.399 e. The van der Waals surface area contributed by atoms with Crippen LogP contribution < -0.4 is 5.73 Å². The van der Waals surface area contributed by atoms with Crippen molar-refractivity contribution in [2.45, 2.75) is 12.5 Å². The van der Waals surface area contributed by atoms with Crippen LogP contribution >= 0.6 is 0 Å². The van der Waals surface area contributed by atoms with Crippen LogP contribution in [0.5, 0.6) is 0 Å². The molecule has 98 valence electrons. The standard InChI is InChI=1S/C13H18FN3O/c1-16(2)12-3-4-17(8-12)13(18)9-5-10(14)7-11(15)6-9/h5-7,12H,3-4,8,15H2,1-2H3. The molecule has 1 amide bonds. The summed E-state index contributed by atoms with van der Waals surface area (Å²) in [5.74, 6) is -0.618. The summed E-state index contributed by atoms with van der Waals surface area (Å²) in [7, 11) is 4.00. The second-order valence-corrected chi connectivity index (χ2v) is 4.93. The zero-order valence-electron chi connectivity index (χ0n) is 10.7. The lowest BCUT2D eigenvalue weighted by Crippen LogP contribution is -2.34. The number of likely N-dealkylation sites (N-methyl/N-ethyl adjacent to an activating group) is 1. The maximum atomic E-state index is 13.2. The maximum absolute atomic E-state index is 13.2. The molecule has 1 aliphatic heterocycles. The van der Waals surface area contributed by atoms with Gasteiger partial charge in [0.25, 0.3) is 5.91 Å². The Labute approximate surface area is 106 Å². The zero-order chi connectivity index (χ0) is 13.3. The summed E-state index contributed by atoms with van der Waals surface area (Å²) in [4.78, 5) is 16.1. The van der Waals surface area contributed by atoms with Gasteiger partial charge in [0.1, 0.15) is 5.82 Å². The number of anilines is 1. The number of carbonyl (C=O) groups excluding carboxylic acids is 1. The molecule has 2 N–H and O–H groups in total. The molecule has 18 heavy (non-hydrogen) atoms. The van der Waals surface area contributed by atoms with Gasteiger partial charge in [-0.1, -0.05) is 0 Å². The van der Waals surface area contributed by atoms with Crippen molar-refractivity contribution in [3.8, 4) is 0 Å². The van der Waals surface area contributed by atoms with E-state index < -0.39 is 5.82 Å². The maximum Gasteiger partial charge on any atom is 0.254 e. The third kappa shape index (κ3) is 2.61. The molecule has 1 heterocycles.